The molecule has 0 aliphatic rings. The molecule has 1 rings (SSSR count). The number of amides is 1. The molecule has 1 amide bonds. The fourth-order valence-electron chi connectivity index (χ4n) is 0.834. The second-order valence-electron chi connectivity index (χ2n) is 2.31. The lowest BCUT2D eigenvalue weighted by atomic mass is 10.2. The molecule has 5 heteroatoms. The number of nitrogens with zero attached hydrogens (tertiary/aromatic N) is 1. The largest absolute Gasteiger partial charge is 0.399 e. The van der Waals surface area contributed by atoms with Gasteiger partial charge in [0, 0.05) is 5.69 Å². The summed E-state index contributed by atoms with van der Waals surface area (Å²) in [6.45, 7) is 0. The van der Waals surface area contributed by atoms with Gasteiger partial charge in [-0.25, -0.2) is 4.39 Å². The van der Waals surface area contributed by atoms with Crippen LogP contribution in [0.2, 0.25) is 0 Å². The number of halogens is 1. The number of carbonyl (C=O) groups is 1. The number of benzene rings is 1. The smallest absolute Gasteiger partial charge is 0.267 e. The quantitative estimate of drug-likeness (QED) is 0.376. The predicted molar refractivity (Wildman–Crippen MR) is 43.9 cm³/mol. The highest BCUT2D eigenvalue weighted by molar-refractivity contribution is 5.95. The van der Waals surface area contributed by atoms with Crippen molar-refractivity contribution in [3.63, 3.8) is 0 Å². The van der Waals surface area contributed by atoms with E-state index in [1.165, 1.54) is 18.3 Å². The van der Waals surface area contributed by atoms with Gasteiger partial charge in [-0.2, -0.15) is 5.26 Å². The molecule has 13 heavy (non-hydrogen) atoms. The van der Waals surface area contributed by atoms with Crippen LogP contribution >= 0.6 is 0 Å². The third-order valence-electron chi connectivity index (χ3n) is 1.41. The molecule has 0 aliphatic carbocycles. The first-order valence-electron chi connectivity index (χ1n) is 3.39. The van der Waals surface area contributed by atoms with E-state index in [1.807, 2.05) is 5.32 Å². The minimum absolute atomic E-state index is 0.198. The van der Waals surface area contributed by atoms with E-state index >= 15 is 0 Å². The summed E-state index contributed by atoms with van der Waals surface area (Å²) in [5.41, 5.74) is 5.29. The van der Waals surface area contributed by atoms with Crippen LogP contribution in [0.3, 0.4) is 0 Å². The minimum atomic E-state index is -0.778. The van der Waals surface area contributed by atoms with E-state index in [1.54, 1.807) is 0 Å². The van der Waals surface area contributed by atoms with Gasteiger partial charge in [0.2, 0.25) is 0 Å². The third-order valence-corrected chi connectivity index (χ3v) is 1.41. The Morgan fingerprint density at radius 2 is 2.31 bits per heavy atom. The molecule has 66 valence electrons. The Morgan fingerprint density at radius 1 is 1.62 bits per heavy atom. The maximum atomic E-state index is 13.0. The van der Waals surface area contributed by atoms with Gasteiger partial charge in [0.05, 0.1) is 5.56 Å². The molecule has 0 bridgehead atoms. The minimum Gasteiger partial charge on any atom is -0.399 e. The van der Waals surface area contributed by atoms with Crippen LogP contribution in [0.5, 0.6) is 0 Å². The van der Waals surface area contributed by atoms with Gasteiger partial charge in [0.1, 0.15) is 5.82 Å². The predicted octanol–water partition coefficient (Wildman–Crippen LogP) is 0.619. The number of carbonyl (C=O) groups excluding carboxylic acids is 1. The number of rotatable bonds is 1. The zero-order chi connectivity index (χ0) is 9.84. The van der Waals surface area contributed by atoms with Crippen molar-refractivity contribution in [1.29, 1.82) is 5.26 Å². The Morgan fingerprint density at radius 3 is 2.85 bits per heavy atom. The molecule has 0 saturated heterocycles. The van der Waals surface area contributed by atoms with Crippen molar-refractivity contribution in [3.05, 3.63) is 29.6 Å². The number of hydrogen-bond acceptors (Lipinski definition) is 3. The van der Waals surface area contributed by atoms with E-state index in [-0.39, 0.29) is 11.3 Å². The second kappa shape index (κ2) is 3.54. The number of nitrogen functional groups attached to an aromatic ring is 1. The molecule has 0 saturated carbocycles. The molecular formula is C8H6FN3O. The van der Waals surface area contributed by atoms with Crippen molar-refractivity contribution in [2.24, 2.45) is 0 Å². The highest BCUT2D eigenvalue weighted by Gasteiger charge is 2.10. The van der Waals surface area contributed by atoms with Gasteiger partial charge in [-0.3, -0.25) is 10.1 Å². The van der Waals surface area contributed by atoms with Crippen molar-refractivity contribution in [2.75, 3.05) is 5.73 Å². The lowest BCUT2D eigenvalue weighted by Crippen LogP contribution is -2.18. The summed E-state index contributed by atoms with van der Waals surface area (Å²) in [6, 6.07) is 3.62. The molecule has 0 aromatic heterocycles. The SMILES string of the molecule is N#CNC(=O)c1ccc(N)cc1F. The van der Waals surface area contributed by atoms with Gasteiger partial charge in [0.15, 0.2) is 6.19 Å². The lowest BCUT2D eigenvalue weighted by Gasteiger charge is -2.00. The molecule has 0 heterocycles. The summed E-state index contributed by atoms with van der Waals surface area (Å²) in [7, 11) is 0. The van der Waals surface area contributed by atoms with Crippen LogP contribution in [-0.2, 0) is 0 Å². The Labute approximate surface area is 73.8 Å². The number of hydrogen-bond donors (Lipinski definition) is 2. The van der Waals surface area contributed by atoms with Crippen molar-refractivity contribution in [3.8, 4) is 6.19 Å². The van der Waals surface area contributed by atoms with Crippen LogP contribution in [0.4, 0.5) is 10.1 Å². The Hall–Kier alpha value is -2.09. The van der Waals surface area contributed by atoms with Crippen LogP contribution in [0, 0.1) is 17.3 Å². The number of anilines is 1. The fraction of sp³-hybridized carbons (Fsp3) is 0. The molecule has 0 aliphatic heterocycles. The van der Waals surface area contributed by atoms with Gasteiger partial charge in [-0.1, -0.05) is 0 Å². The van der Waals surface area contributed by atoms with E-state index in [9.17, 15) is 9.18 Å². The number of nitriles is 1. The Kier molecular flexibility index (Phi) is 2.45. The van der Waals surface area contributed by atoms with Crippen LogP contribution in [0.25, 0.3) is 0 Å². The van der Waals surface area contributed by atoms with Crippen molar-refractivity contribution in [1.82, 2.24) is 5.32 Å². The molecule has 0 atom stereocenters. The lowest BCUT2D eigenvalue weighted by molar-refractivity contribution is 0.0969. The first-order valence-corrected chi connectivity index (χ1v) is 3.39. The normalized spacial score (nSPS) is 8.92. The van der Waals surface area contributed by atoms with E-state index in [0.717, 1.165) is 6.07 Å². The first kappa shape index (κ1) is 9.00. The van der Waals surface area contributed by atoms with Gasteiger partial charge >= 0.3 is 0 Å². The molecule has 0 spiro atoms. The van der Waals surface area contributed by atoms with E-state index < -0.39 is 11.7 Å². The zero-order valence-corrected chi connectivity index (χ0v) is 6.54. The van der Waals surface area contributed by atoms with E-state index in [0.29, 0.717) is 0 Å². The summed E-state index contributed by atoms with van der Waals surface area (Å²) < 4.78 is 13.0. The molecule has 0 unspecified atom stereocenters. The third kappa shape index (κ3) is 1.93. The summed E-state index contributed by atoms with van der Waals surface area (Å²) in [5, 5.41) is 9.92. The van der Waals surface area contributed by atoms with Crippen LogP contribution < -0.4 is 11.1 Å². The fourth-order valence-corrected chi connectivity index (χ4v) is 0.834. The molecule has 1 aromatic rings. The molecule has 0 radical (unpaired) electrons. The molecular weight excluding hydrogens is 173 g/mol. The summed E-state index contributed by atoms with van der Waals surface area (Å²) >= 11 is 0. The standard InChI is InChI=1S/C8H6FN3O/c9-7-3-5(11)1-2-6(7)8(13)12-4-10/h1-3H,11H2,(H,12,13). The molecule has 4 nitrogen and oxygen atoms in total. The molecule has 1 aromatic carbocycles. The van der Waals surface area contributed by atoms with Crippen molar-refractivity contribution in [2.45, 2.75) is 0 Å². The van der Waals surface area contributed by atoms with Crippen molar-refractivity contribution < 1.29 is 9.18 Å². The van der Waals surface area contributed by atoms with Crippen LogP contribution in [0.15, 0.2) is 18.2 Å². The topological polar surface area (TPSA) is 78.9 Å². The van der Waals surface area contributed by atoms with Gasteiger partial charge in [-0.15, -0.1) is 0 Å². The van der Waals surface area contributed by atoms with Crippen LogP contribution in [-0.4, -0.2) is 5.91 Å². The summed E-state index contributed by atoms with van der Waals surface area (Å²) in [5.74, 6) is -1.52. The maximum Gasteiger partial charge on any atom is 0.267 e. The average Bonchev–Trinajstić information content (AvgIpc) is 2.04. The number of nitrogens with one attached hydrogen (secondary N) is 1. The van der Waals surface area contributed by atoms with Gasteiger partial charge in [-0.05, 0) is 18.2 Å². The first-order chi connectivity index (χ1) is 6.15. The maximum absolute atomic E-state index is 13.0. The summed E-state index contributed by atoms with van der Waals surface area (Å²) in [6.07, 6.45) is 1.41. The summed E-state index contributed by atoms with van der Waals surface area (Å²) in [4.78, 5) is 11.0. The number of nitrogens with two attached hydrogens (primary N) is 1. The average molecular weight is 179 g/mol. The monoisotopic (exact) mass is 179 g/mol. The molecule has 0 fully saturated rings. The highest BCUT2D eigenvalue weighted by Crippen LogP contribution is 2.11. The van der Waals surface area contributed by atoms with Crippen LogP contribution in [0.1, 0.15) is 10.4 Å². The molecule has 3 N–H and O–H groups in total. The van der Waals surface area contributed by atoms with E-state index in [2.05, 4.69) is 0 Å². The zero-order valence-electron chi connectivity index (χ0n) is 6.54. The Balaban J connectivity index is 3.03. The second-order valence-corrected chi connectivity index (χ2v) is 2.31. The van der Waals surface area contributed by atoms with Gasteiger partial charge in [0.25, 0.3) is 5.91 Å². The van der Waals surface area contributed by atoms with E-state index in [4.69, 9.17) is 11.0 Å². The highest BCUT2D eigenvalue weighted by atomic mass is 19.1. The Bertz CT molecular complexity index is 383. The van der Waals surface area contributed by atoms with Gasteiger partial charge < -0.3 is 5.73 Å². The van der Waals surface area contributed by atoms with Crippen molar-refractivity contribution >= 4 is 11.6 Å².